The van der Waals surface area contributed by atoms with Gasteiger partial charge in [-0.2, -0.15) is 5.10 Å². The quantitative estimate of drug-likeness (QED) is 0.746. The summed E-state index contributed by atoms with van der Waals surface area (Å²) >= 11 is 0. The van der Waals surface area contributed by atoms with Gasteiger partial charge in [-0.25, -0.2) is 4.68 Å². The third-order valence-electron chi connectivity index (χ3n) is 2.34. The van der Waals surface area contributed by atoms with Gasteiger partial charge in [-0.05, 0) is 37.6 Å². The molecule has 1 aromatic carbocycles. The number of carbonyl (C=O) groups is 1. The fourth-order valence-corrected chi connectivity index (χ4v) is 1.65. The molecule has 0 saturated carbocycles. The van der Waals surface area contributed by atoms with Gasteiger partial charge in [0.15, 0.2) is 0 Å². The second-order valence-electron chi connectivity index (χ2n) is 3.68. The maximum absolute atomic E-state index is 10.7. The highest BCUT2D eigenvalue weighted by molar-refractivity contribution is 5.86. The average molecular weight is 215 g/mol. The molecular formula is C12H11N2O2-. The van der Waals surface area contributed by atoms with E-state index in [4.69, 9.17) is 0 Å². The van der Waals surface area contributed by atoms with Gasteiger partial charge in [0.1, 0.15) is 0 Å². The molecule has 0 unspecified atom stereocenters. The highest BCUT2D eigenvalue weighted by Crippen LogP contribution is 2.13. The highest BCUT2D eigenvalue weighted by Gasteiger charge is 2.04. The molecule has 0 radical (unpaired) electrons. The Bertz CT molecular complexity index is 544. The van der Waals surface area contributed by atoms with Gasteiger partial charge in [0.25, 0.3) is 0 Å². The number of hydrogen-bond acceptors (Lipinski definition) is 3. The molecule has 0 bridgehead atoms. The zero-order valence-electron chi connectivity index (χ0n) is 9.10. The van der Waals surface area contributed by atoms with Crippen LogP contribution in [0.3, 0.4) is 0 Å². The van der Waals surface area contributed by atoms with Gasteiger partial charge in [-0.1, -0.05) is 12.1 Å². The van der Waals surface area contributed by atoms with Gasteiger partial charge in [0.2, 0.25) is 0 Å². The van der Waals surface area contributed by atoms with Crippen LogP contribution in [0.25, 0.3) is 5.69 Å². The summed E-state index contributed by atoms with van der Waals surface area (Å²) < 4.78 is 1.71. The molecule has 82 valence electrons. The molecule has 4 heteroatoms. The van der Waals surface area contributed by atoms with Crippen LogP contribution in [0.2, 0.25) is 0 Å². The second-order valence-corrected chi connectivity index (χ2v) is 3.68. The minimum Gasteiger partial charge on any atom is -0.545 e. The van der Waals surface area contributed by atoms with Crippen molar-refractivity contribution in [2.75, 3.05) is 0 Å². The summed E-state index contributed by atoms with van der Waals surface area (Å²) in [5.41, 5.74) is 2.75. The van der Waals surface area contributed by atoms with Crippen LogP contribution in [0, 0.1) is 13.8 Å². The summed E-state index contributed by atoms with van der Waals surface area (Å²) in [5.74, 6) is -1.18. The van der Waals surface area contributed by atoms with Gasteiger partial charge >= 0.3 is 0 Å². The van der Waals surface area contributed by atoms with E-state index in [1.165, 1.54) is 6.07 Å². The van der Waals surface area contributed by atoms with Crippen molar-refractivity contribution in [2.24, 2.45) is 0 Å². The van der Waals surface area contributed by atoms with Crippen LogP contribution in [0.1, 0.15) is 21.7 Å². The molecule has 0 amide bonds. The van der Waals surface area contributed by atoms with Crippen molar-refractivity contribution in [3.8, 4) is 5.69 Å². The summed E-state index contributed by atoms with van der Waals surface area (Å²) in [7, 11) is 0. The third kappa shape index (κ3) is 1.82. The van der Waals surface area contributed by atoms with Crippen molar-refractivity contribution in [1.82, 2.24) is 9.78 Å². The van der Waals surface area contributed by atoms with Gasteiger partial charge in [-0.3, -0.25) is 0 Å². The fraction of sp³-hybridized carbons (Fsp3) is 0.167. The summed E-state index contributed by atoms with van der Waals surface area (Å²) in [6.45, 7) is 3.82. The predicted molar refractivity (Wildman–Crippen MR) is 57.4 cm³/mol. The molecule has 0 fully saturated rings. The van der Waals surface area contributed by atoms with E-state index in [1.54, 1.807) is 16.8 Å². The third-order valence-corrected chi connectivity index (χ3v) is 2.34. The van der Waals surface area contributed by atoms with Crippen LogP contribution in [-0.2, 0) is 0 Å². The van der Waals surface area contributed by atoms with E-state index < -0.39 is 5.97 Å². The molecule has 0 saturated heterocycles. The first-order valence-electron chi connectivity index (χ1n) is 4.93. The number of nitrogens with zero attached hydrogens (tertiary/aromatic N) is 2. The molecular weight excluding hydrogens is 204 g/mol. The van der Waals surface area contributed by atoms with Crippen molar-refractivity contribution in [3.05, 3.63) is 47.3 Å². The molecule has 0 spiro atoms. The van der Waals surface area contributed by atoms with Crippen LogP contribution in [0.15, 0.2) is 30.3 Å². The van der Waals surface area contributed by atoms with Gasteiger partial charge in [-0.15, -0.1) is 0 Å². The van der Waals surface area contributed by atoms with Crippen LogP contribution in [0.4, 0.5) is 0 Å². The first-order chi connectivity index (χ1) is 7.58. The zero-order valence-corrected chi connectivity index (χ0v) is 9.10. The maximum atomic E-state index is 10.7. The SMILES string of the molecule is Cc1cc(C)n(-c2cccc(C(=O)[O-])c2)n1. The largest absolute Gasteiger partial charge is 0.545 e. The molecule has 0 aliphatic heterocycles. The number of aromatic nitrogens is 2. The van der Waals surface area contributed by atoms with Crippen molar-refractivity contribution in [2.45, 2.75) is 13.8 Å². The Morgan fingerprint density at radius 1 is 1.31 bits per heavy atom. The van der Waals surface area contributed by atoms with E-state index in [9.17, 15) is 9.90 Å². The van der Waals surface area contributed by atoms with Crippen LogP contribution in [-0.4, -0.2) is 15.7 Å². The smallest absolute Gasteiger partial charge is 0.0716 e. The Kier molecular flexibility index (Phi) is 2.48. The molecule has 4 nitrogen and oxygen atoms in total. The topological polar surface area (TPSA) is 58.0 Å². The Morgan fingerprint density at radius 3 is 2.62 bits per heavy atom. The first kappa shape index (κ1) is 10.4. The van der Waals surface area contributed by atoms with E-state index in [-0.39, 0.29) is 5.56 Å². The van der Waals surface area contributed by atoms with E-state index in [2.05, 4.69) is 5.10 Å². The summed E-state index contributed by atoms with van der Waals surface area (Å²) in [6, 6.07) is 8.48. The molecule has 0 N–H and O–H groups in total. The molecule has 0 atom stereocenters. The zero-order chi connectivity index (χ0) is 11.7. The number of carboxylic acids is 1. The Morgan fingerprint density at radius 2 is 2.06 bits per heavy atom. The predicted octanol–water partition coefficient (Wildman–Crippen LogP) is 0.853. The molecule has 16 heavy (non-hydrogen) atoms. The standard InChI is InChI=1S/C12H12N2O2/c1-8-6-9(2)14(13-8)11-5-3-4-10(7-11)12(15)16/h3-7H,1-2H3,(H,15,16)/p-1. The number of carbonyl (C=O) groups excluding carboxylic acids is 1. The monoisotopic (exact) mass is 215 g/mol. The van der Waals surface area contributed by atoms with Crippen molar-refractivity contribution in [1.29, 1.82) is 0 Å². The molecule has 1 aromatic heterocycles. The van der Waals surface area contributed by atoms with E-state index >= 15 is 0 Å². The average Bonchev–Trinajstić information content (AvgIpc) is 2.58. The first-order valence-corrected chi connectivity index (χ1v) is 4.93. The molecule has 0 aliphatic carbocycles. The van der Waals surface area contributed by atoms with Crippen molar-refractivity contribution in [3.63, 3.8) is 0 Å². The van der Waals surface area contributed by atoms with Gasteiger partial charge in [0.05, 0.1) is 17.4 Å². The minimum atomic E-state index is -1.18. The van der Waals surface area contributed by atoms with Crippen molar-refractivity contribution < 1.29 is 9.90 Å². The number of rotatable bonds is 2. The van der Waals surface area contributed by atoms with Gasteiger partial charge < -0.3 is 9.90 Å². The summed E-state index contributed by atoms with van der Waals surface area (Å²) in [4.78, 5) is 10.7. The van der Waals surface area contributed by atoms with E-state index in [1.807, 2.05) is 26.0 Å². The lowest BCUT2D eigenvalue weighted by Crippen LogP contribution is -2.22. The minimum absolute atomic E-state index is 0.157. The molecule has 2 aromatic rings. The lowest BCUT2D eigenvalue weighted by molar-refractivity contribution is -0.255. The molecule has 1 heterocycles. The fourth-order valence-electron chi connectivity index (χ4n) is 1.65. The number of aryl methyl sites for hydroxylation is 2. The van der Waals surface area contributed by atoms with Crippen LogP contribution < -0.4 is 5.11 Å². The van der Waals surface area contributed by atoms with E-state index in [0.29, 0.717) is 0 Å². The van der Waals surface area contributed by atoms with Gasteiger partial charge in [0, 0.05) is 5.69 Å². The Balaban J connectivity index is 2.52. The Hall–Kier alpha value is -2.10. The number of carboxylic acid groups (broad SMARTS) is 1. The van der Waals surface area contributed by atoms with E-state index in [0.717, 1.165) is 17.1 Å². The Labute approximate surface area is 93.1 Å². The molecule has 2 rings (SSSR count). The van der Waals surface area contributed by atoms with Crippen molar-refractivity contribution >= 4 is 5.97 Å². The number of benzene rings is 1. The van der Waals surface area contributed by atoms with Crippen LogP contribution >= 0.6 is 0 Å². The summed E-state index contributed by atoms with van der Waals surface area (Å²) in [6.07, 6.45) is 0. The second kappa shape index (κ2) is 3.81. The number of aromatic carboxylic acids is 1. The maximum Gasteiger partial charge on any atom is 0.0716 e. The normalized spacial score (nSPS) is 10.4. The van der Waals surface area contributed by atoms with Crippen LogP contribution in [0.5, 0.6) is 0 Å². The number of hydrogen-bond donors (Lipinski definition) is 0. The lowest BCUT2D eigenvalue weighted by atomic mass is 10.2. The highest BCUT2D eigenvalue weighted by atomic mass is 16.4. The summed E-state index contributed by atoms with van der Waals surface area (Å²) in [5, 5.41) is 15.0. The lowest BCUT2D eigenvalue weighted by Gasteiger charge is -2.07. The molecule has 0 aliphatic rings.